The van der Waals surface area contributed by atoms with Gasteiger partial charge in [-0.25, -0.2) is 0 Å². The minimum atomic E-state index is -0.770. The van der Waals surface area contributed by atoms with Gasteiger partial charge in [-0.15, -0.1) is 0 Å². The van der Waals surface area contributed by atoms with Crippen LogP contribution in [0.25, 0.3) is 0 Å². The summed E-state index contributed by atoms with van der Waals surface area (Å²) >= 11 is 0. The maximum Gasteiger partial charge on any atom is 0.326 e. The van der Waals surface area contributed by atoms with Crippen LogP contribution in [0.2, 0.25) is 0 Å². The second-order valence-electron chi connectivity index (χ2n) is 7.29. The molecule has 1 saturated heterocycles. The van der Waals surface area contributed by atoms with Gasteiger partial charge in [0.2, 0.25) is 11.8 Å². The van der Waals surface area contributed by atoms with Crippen molar-refractivity contribution in [3.63, 3.8) is 0 Å². The number of imide groups is 1. The van der Waals surface area contributed by atoms with Crippen LogP contribution in [0.15, 0.2) is 30.4 Å². The van der Waals surface area contributed by atoms with E-state index in [1.807, 2.05) is 44.2 Å². The lowest BCUT2D eigenvalue weighted by Crippen LogP contribution is -2.37. The largest absolute Gasteiger partial charge is 0.454 e. The lowest BCUT2D eigenvalue weighted by molar-refractivity contribution is -0.154. The molecule has 1 heterocycles. The number of allylic oxidation sites excluding steroid dienone is 2. The normalized spacial score (nSPS) is 20.6. The zero-order valence-electron chi connectivity index (χ0n) is 16.8. The average Bonchev–Trinajstić information content (AvgIpc) is 2.97. The summed E-state index contributed by atoms with van der Waals surface area (Å²) in [5.41, 5.74) is 2.77. The molecule has 2 atom stereocenters. The number of esters is 1. The fourth-order valence-corrected chi connectivity index (χ4v) is 3.92. The Morgan fingerprint density at radius 1 is 1.03 bits per heavy atom. The number of rotatable bonds is 7. The number of carbonyl (C=O) groups is 4. The van der Waals surface area contributed by atoms with E-state index < -0.39 is 25.0 Å². The molecule has 7 heteroatoms. The molecule has 1 aliphatic carbocycles. The molecule has 3 amide bonds. The minimum absolute atomic E-state index is 0.338. The molecule has 7 nitrogen and oxygen atoms in total. The number of anilines is 1. The van der Waals surface area contributed by atoms with Crippen molar-refractivity contribution < 1.29 is 23.9 Å². The summed E-state index contributed by atoms with van der Waals surface area (Å²) < 4.78 is 5.02. The van der Waals surface area contributed by atoms with Crippen molar-refractivity contribution in [2.45, 2.75) is 39.5 Å². The SMILES string of the molecule is CCc1cccc(CC)c1NC(=O)COC(=O)CN1C(=O)[C@H]2CC=CC[C@@H]2C1=O. The summed E-state index contributed by atoms with van der Waals surface area (Å²) in [5.74, 6) is -2.67. The smallest absolute Gasteiger partial charge is 0.326 e. The van der Waals surface area contributed by atoms with E-state index in [1.165, 1.54) is 0 Å². The lowest BCUT2D eigenvalue weighted by atomic mass is 9.85. The molecule has 0 unspecified atom stereocenters. The van der Waals surface area contributed by atoms with Crippen molar-refractivity contribution >= 4 is 29.4 Å². The predicted molar refractivity (Wildman–Crippen MR) is 107 cm³/mol. The van der Waals surface area contributed by atoms with Crippen molar-refractivity contribution in [3.05, 3.63) is 41.5 Å². The molecule has 3 rings (SSSR count). The van der Waals surface area contributed by atoms with Gasteiger partial charge in [0.15, 0.2) is 6.61 Å². The summed E-state index contributed by atoms with van der Waals surface area (Å²) in [7, 11) is 0. The first-order chi connectivity index (χ1) is 14.0. The molecule has 0 radical (unpaired) electrons. The van der Waals surface area contributed by atoms with Gasteiger partial charge in [0.05, 0.1) is 11.8 Å². The van der Waals surface area contributed by atoms with Crippen LogP contribution in [-0.4, -0.2) is 41.7 Å². The Morgan fingerprint density at radius 3 is 2.10 bits per heavy atom. The zero-order chi connectivity index (χ0) is 21.0. The number of nitrogens with one attached hydrogen (secondary N) is 1. The standard InChI is InChI=1S/C22H26N2O5/c1-3-14-8-7-9-15(4-2)20(14)23-18(25)13-29-19(26)12-24-21(27)16-10-5-6-11-17(16)22(24)28/h5-9,16-17H,3-4,10-13H2,1-2H3,(H,23,25)/t16-,17-/m0/s1. The highest BCUT2D eigenvalue weighted by Gasteiger charge is 2.47. The molecule has 1 fully saturated rings. The molecule has 0 saturated carbocycles. The Hall–Kier alpha value is -2.96. The molecule has 1 aromatic rings. The molecule has 1 aliphatic heterocycles. The van der Waals surface area contributed by atoms with E-state index in [-0.39, 0.29) is 23.7 Å². The van der Waals surface area contributed by atoms with E-state index >= 15 is 0 Å². The number of nitrogens with zero attached hydrogens (tertiary/aromatic N) is 1. The van der Waals surface area contributed by atoms with Crippen LogP contribution >= 0.6 is 0 Å². The predicted octanol–water partition coefficient (Wildman–Crippen LogP) is 2.24. The molecular weight excluding hydrogens is 372 g/mol. The maximum atomic E-state index is 12.4. The van der Waals surface area contributed by atoms with Gasteiger partial charge < -0.3 is 10.1 Å². The highest BCUT2D eigenvalue weighted by atomic mass is 16.5. The molecule has 2 aliphatic rings. The molecular formula is C22H26N2O5. The first-order valence-corrected chi connectivity index (χ1v) is 10.0. The number of likely N-dealkylation sites (tertiary alicyclic amines) is 1. The number of hydrogen-bond acceptors (Lipinski definition) is 5. The number of carbonyl (C=O) groups excluding carboxylic acids is 4. The van der Waals surface area contributed by atoms with E-state index in [0.29, 0.717) is 12.8 Å². The fraction of sp³-hybridized carbons (Fsp3) is 0.455. The quantitative estimate of drug-likeness (QED) is 0.432. The first-order valence-electron chi connectivity index (χ1n) is 10.0. The van der Waals surface area contributed by atoms with E-state index in [2.05, 4.69) is 5.32 Å². The number of hydrogen-bond donors (Lipinski definition) is 1. The van der Waals surface area contributed by atoms with Gasteiger partial charge in [-0.3, -0.25) is 24.1 Å². The highest BCUT2D eigenvalue weighted by Crippen LogP contribution is 2.34. The van der Waals surface area contributed by atoms with Crippen LogP contribution in [0, 0.1) is 11.8 Å². The molecule has 154 valence electrons. The second-order valence-corrected chi connectivity index (χ2v) is 7.29. The lowest BCUT2D eigenvalue weighted by Gasteiger charge is -2.16. The molecule has 29 heavy (non-hydrogen) atoms. The summed E-state index contributed by atoms with van der Waals surface area (Å²) in [6.07, 6.45) is 6.33. The molecule has 1 aromatic carbocycles. The van der Waals surface area contributed by atoms with Crippen LogP contribution in [0.3, 0.4) is 0 Å². The summed E-state index contributed by atoms with van der Waals surface area (Å²) in [6.45, 7) is 3.08. The third-order valence-electron chi connectivity index (χ3n) is 5.51. The zero-order valence-corrected chi connectivity index (χ0v) is 16.8. The summed E-state index contributed by atoms with van der Waals surface area (Å²) in [6, 6.07) is 5.84. The molecule has 0 spiro atoms. The van der Waals surface area contributed by atoms with E-state index in [9.17, 15) is 19.2 Å². The van der Waals surface area contributed by atoms with Crippen molar-refractivity contribution in [1.82, 2.24) is 4.90 Å². The number of aryl methyl sites for hydroxylation is 2. The van der Waals surface area contributed by atoms with Crippen LogP contribution in [0.5, 0.6) is 0 Å². The van der Waals surface area contributed by atoms with Crippen molar-refractivity contribution in [2.75, 3.05) is 18.5 Å². The van der Waals surface area contributed by atoms with Crippen LogP contribution < -0.4 is 5.32 Å². The van der Waals surface area contributed by atoms with Crippen LogP contribution in [0.1, 0.15) is 37.8 Å². The van der Waals surface area contributed by atoms with Gasteiger partial charge in [-0.2, -0.15) is 0 Å². The molecule has 0 bridgehead atoms. The average molecular weight is 398 g/mol. The topological polar surface area (TPSA) is 92.8 Å². The van der Waals surface area contributed by atoms with Crippen molar-refractivity contribution in [2.24, 2.45) is 11.8 Å². The monoisotopic (exact) mass is 398 g/mol. The number of amides is 3. The van der Waals surface area contributed by atoms with Crippen LogP contribution in [0.4, 0.5) is 5.69 Å². The Bertz CT molecular complexity index is 813. The van der Waals surface area contributed by atoms with Crippen molar-refractivity contribution in [3.8, 4) is 0 Å². The van der Waals surface area contributed by atoms with Gasteiger partial charge in [0.1, 0.15) is 6.54 Å². The van der Waals surface area contributed by atoms with E-state index in [0.717, 1.165) is 34.6 Å². The fourth-order valence-electron chi connectivity index (χ4n) is 3.92. The van der Waals surface area contributed by atoms with Gasteiger partial charge in [-0.1, -0.05) is 44.2 Å². The number of para-hydroxylation sites is 1. The third-order valence-corrected chi connectivity index (χ3v) is 5.51. The van der Waals surface area contributed by atoms with Gasteiger partial charge >= 0.3 is 5.97 Å². The highest BCUT2D eigenvalue weighted by molar-refractivity contribution is 6.07. The number of ether oxygens (including phenoxy) is 1. The van der Waals surface area contributed by atoms with Crippen molar-refractivity contribution in [1.29, 1.82) is 0 Å². The van der Waals surface area contributed by atoms with E-state index in [4.69, 9.17) is 4.74 Å². The summed E-state index contributed by atoms with van der Waals surface area (Å²) in [4.78, 5) is 50.2. The van der Waals surface area contributed by atoms with Gasteiger partial charge in [0, 0.05) is 5.69 Å². The Labute approximate surface area is 170 Å². The third kappa shape index (κ3) is 4.39. The van der Waals surface area contributed by atoms with Gasteiger partial charge in [0.25, 0.3) is 5.91 Å². The van der Waals surface area contributed by atoms with Crippen LogP contribution in [-0.2, 0) is 36.8 Å². The number of benzene rings is 1. The summed E-state index contributed by atoms with van der Waals surface area (Å²) in [5, 5.41) is 2.82. The Kier molecular flexibility index (Phi) is 6.46. The Balaban J connectivity index is 1.54. The second kappa shape index (κ2) is 9.03. The maximum absolute atomic E-state index is 12.4. The first kappa shape index (κ1) is 20.8. The molecule has 0 aromatic heterocycles. The number of fused-ring (bicyclic) bond motifs is 1. The molecule has 1 N–H and O–H groups in total. The van der Waals surface area contributed by atoms with Gasteiger partial charge in [-0.05, 0) is 36.8 Å². The minimum Gasteiger partial charge on any atom is -0.454 e. The van der Waals surface area contributed by atoms with E-state index in [1.54, 1.807) is 0 Å². The Morgan fingerprint density at radius 2 is 1.59 bits per heavy atom.